The number of nitrogens with one attached hydrogen (secondary N) is 1. The normalized spacial score (nSPS) is 17.6. The van der Waals surface area contributed by atoms with Crippen molar-refractivity contribution < 1.29 is 14.0 Å². The van der Waals surface area contributed by atoms with Gasteiger partial charge in [0.05, 0.1) is 6.54 Å². The van der Waals surface area contributed by atoms with Crippen molar-refractivity contribution >= 4 is 11.7 Å². The Morgan fingerprint density at radius 3 is 2.48 bits per heavy atom. The van der Waals surface area contributed by atoms with E-state index in [2.05, 4.69) is 10.2 Å². The molecule has 1 aliphatic carbocycles. The number of aromatic nitrogens is 2. The molecule has 2 aliphatic rings. The number of carbonyl (C=O) groups excluding carboxylic acids is 2. The number of aromatic amines is 1. The molecule has 1 fully saturated rings. The summed E-state index contributed by atoms with van der Waals surface area (Å²) in [6, 6.07) is 5.62. The van der Waals surface area contributed by atoms with E-state index in [1.165, 1.54) is 24.3 Å². The van der Waals surface area contributed by atoms with Crippen molar-refractivity contribution in [3.8, 4) is 0 Å². The average molecular weight is 370 g/mol. The maximum Gasteiger partial charge on any atom is 0.274 e. The third-order valence-corrected chi connectivity index (χ3v) is 5.45. The van der Waals surface area contributed by atoms with Crippen molar-refractivity contribution in [3.05, 3.63) is 52.6 Å². The van der Waals surface area contributed by atoms with Crippen molar-refractivity contribution in [2.75, 3.05) is 32.7 Å². The summed E-state index contributed by atoms with van der Waals surface area (Å²) in [5.41, 5.74) is 3.27. The van der Waals surface area contributed by atoms with Gasteiger partial charge in [0.15, 0.2) is 11.5 Å². The zero-order valence-corrected chi connectivity index (χ0v) is 15.2. The lowest BCUT2D eigenvalue weighted by atomic mass is 9.95. The van der Waals surface area contributed by atoms with E-state index in [0.29, 0.717) is 37.4 Å². The highest BCUT2D eigenvalue weighted by Crippen LogP contribution is 2.23. The van der Waals surface area contributed by atoms with Crippen LogP contribution in [0.4, 0.5) is 4.39 Å². The first kappa shape index (κ1) is 17.9. The van der Waals surface area contributed by atoms with Crippen LogP contribution in [0.2, 0.25) is 0 Å². The van der Waals surface area contributed by atoms with Crippen LogP contribution in [0.3, 0.4) is 0 Å². The number of rotatable bonds is 4. The Labute approximate surface area is 157 Å². The molecule has 1 aromatic heterocycles. The molecule has 1 saturated heterocycles. The standard InChI is InChI=1S/C20H23FN4O2/c21-15-7-5-14(6-8-15)18(26)13-24-9-11-25(12-10-24)20(27)19-16-3-1-2-4-17(16)22-23-19/h5-8H,1-4,9-13H2,(H,22,23). The molecule has 0 atom stereocenters. The fourth-order valence-electron chi connectivity index (χ4n) is 3.85. The second-order valence-corrected chi connectivity index (χ2v) is 7.23. The zero-order valence-electron chi connectivity index (χ0n) is 15.2. The van der Waals surface area contributed by atoms with E-state index < -0.39 is 0 Å². The number of aryl methyl sites for hydroxylation is 1. The number of benzene rings is 1. The summed E-state index contributed by atoms with van der Waals surface area (Å²) in [5, 5.41) is 7.30. The molecule has 4 rings (SSSR count). The van der Waals surface area contributed by atoms with Crippen molar-refractivity contribution in [2.24, 2.45) is 0 Å². The molecular weight excluding hydrogens is 347 g/mol. The van der Waals surface area contributed by atoms with Gasteiger partial charge in [-0.3, -0.25) is 19.6 Å². The molecular formula is C20H23FN4O2. The summed E-state index contributed by atoms with van der Waals surface area (Å²) >= 11 is 0. The van der Waals surface area contributed by atoms with Crippen LogP contribution in [0.25, 0.3) is 0 Å². The van der Waals surface area contributed by atoms with Crippen LogP contribution >= 0.6 is 0 Å². The molecule has 0 radical (unpaired) electrons. The highest BCUT2D eigenvalue weighted by molar-refractivity contribution is 5.97. The number of nitrogens with zero attached hydrogens (tertiary/aromatic N) is 3. The van der Waals surface area contributed by atoms with E-state index >= 15 is 0 Å². The summed E-state index contributed by atoms with van der Waals surface area (Å²) in [6.45, 7) is 2.73. The number of hydrogen-bond donors (Lipinski definition) is 1. The van der Waals surface area contributed by atoms with Crippen LogP contribution in [0, 0.1) is 5.82 Å². The van der Waals surface area contributed by atoms with E-state index in [1.54, 1.807) is 0 Å². The fourth-order valence-corrected chi connectivity index (χ4v) is 3.85. The number of piperazine rings is 1. The van der Waals surface area contributed by atoms with Gasteiger partial charge in [-0.1, -0.05) is 0 Å². The van der Waals surface area contributed by atoms with E-state index in [4.69, 9.17) is 0 Å². The first-order valence-corrected chi connectivity index (χ1v) is 9.48. The van der Waals surface area contributed by atoms with Crippen molar-refractivity contribution in [3.63, 3.8) is 0 Å². The van der Waals surface area contributed by atoms with Crippen LogP contribution in [-0.2, 0) is 12.8 Å². The van der Waals surface area contributed by atoms with Crippen molar-refractivity contribution in [2.45, 2.75) is 25.7 Å². The van der Waals surface area contributed by atoms with E-state index in [1.807, 2.05) is 9.80 Å². The maximum absolute atomic E-state index is 13.0. The van der Waals surface area contributed by atoms with Crippen LogP contribution in [-0.4, -0.2) is 64.4 Å². The molecule has 2 aromatic rings. The lowest BCUT2D eigenvalue weighted by molar-refractivity contribution is 0.0618. The number of H-pyrrole nitrogens is 1. The largest absolute Gasteiger partial charge is 0.335 e. The summed E-state index contributed by atoms with van der Waals surface area (Å²) in [5.74, 6) is -0.394. The van der Waals surface area contributed by atoms with Gasteiger partial charge in [0, 0.05) is 43.0 Å². The van der Waals surface area contributed by atoms with Crippen LogP contribution < -0.4 is 0 Å². The first-order chi connectivity index (χ1) is 13.1. The molecule has 0 unspecified atom stereocenters. The molecule has 142 valence electrons. The van der Waals surface area contributed by atoms with Crippen LogP contribution in [0.1, 0.15) is 44.9 Å². The Hall–Kier alpha value is -2.54. The fraction of sp³-hybridized carbons (Fsp3) is 0.450. The first-order valence-electron chi connectivity index (χ1n) is 9.48. The Morgan fingerprint density at radius 1 is 1.04 bits per heavy atom. The highest BCUT2D eigenvalue weighted by atomic mass is 19.1. The Kier molecular flexibility index (Phi) is 5.03. The number of halogens is 1. The minimum Gasteiger partial charge on any atom is -0.335 e. The third-order valence-electron chi connectivity index (χ3n) is 5.45. The molecule has 2 heterocycles. The van der Waals surface area contributed by atoms with Gasteiger partial charge in [-0.05, 0) is 49.9 Å². The number of Topliss-reactive ketones (excluding diaryl/α,β-unsaturated/α-hetero) is 1. The Morgan fingerprint density at radius 2 is 1.74 bits per heavy atom. The number of carbonyl (C=O) groups is 2. The van der Waals surface area contributed by atoms with Gasteiger partial charge in [0.1, 0.15) is 5.82 Å². The Bertz CT molecular complexity index is 838. The number of fused-ring (bicyclic) bond motifs is 1. The lowest BCUT2D eigenvalue weighted by Gasteiger charge is -2.34. The predicted molar refractivity (Wildman–Crippen MR) is 98.3 cm³/mol. The van der Waals surface area contributed by atoms with Gasteiger partial charge in [0.25, 0.3) is 5.91 Å². The number of hydrogen-bond acceptors (Lipinski definition) is 4. The minimum absolute atomic E-state index is 0.0149. The highest BCUT2D eigenvalue weighted by Gasteiger charge is 2.28. The summed E-state index contributed by atoms with van der Waals surface area (Å²) in [7, 11) is 0. The summed E-state index contributed by atoms with van der Waals surface area (Å²) in [4.78, 5) is 29.0. The van der Waals surface area contributed by atoms with E-state index in [9.17, 15) is 14.0 Å². The molecule has 6 nitrogen and oxygen atoms in total. The molecule has 0 spiro atoms. The second kappa shape index (κ2) is 7.60. The van der Waals surface area contributed by atoms with Crippen molar-refractivity contribution in [1.82, 2.24) is 20.0 Å². The Balaban J connectivity index is 1.33. The molecule has 1 amide bonds. The second-order valence-electron chi connectivity index (χ2n) is 7.23. The van der Waals surface area contributed by atoms with Crippen molar-refractivity contribution in [1.29, 1.82) is 0 Å². The number of ketones is 1. The average Bonchev–Trinajstić information content (AvgIpc) is 3.12. The topological polar surface area (TPSA) is 69.3 Å². The zero-order chi connectivity index (χ0) is 18.8. The smallest absolute Gasteiger partial charge is 0.274 e. The SMILES string of the molecule is O=C(CN1CCN(C(=O)c2n[nH]c3c2CCCC3)CC1)c1ccc(F)cc1. The molecule has 1 aromatic carbocycles. The third kappa shape index (κ3) is 3.78. The molecule has 27 heavy (non-hydrogen) atoms. The van der Waals surface area contributed by atoms with Gasteiger partial charge in [-0.2, -0.15) is 5.10 Å². The van der Waals surface area contributed by atoms with Gasteiger partial charge in [0.2, 0.25) is 0 Å². The molecule has 0 saturated carbocycles. The monoisotopic (exact) mass is 370 g/mol. The molecule has 7 heteroatoms. The van der Waals surface area contributed by atoms with E-state index in [-0.39, 0.29) is 24.1 Å². The maximum atomic E-state index is 13.0. The van der Waals surface area contributed by atoms with Gasteiger partial charge in [-0.15, -0.1) is 0 Å². The lowest BCUT2D eigenvalue weighted by Crippen LogP contribution is -2.50. The number of amides is 1. The van der Waals surface area contributed by atoms with Gasteiger partial charge < -0.3 is 4.90 Å². The van der Waals surface area contributed by atoms with Crippen LogP contribution in [0.5, 0.6) is 0 Å². The predicted octanol–water partition coefficient (Wildman–Crippen LogP) is 2.07. The van der Waals surface area contributed by atoms with E-state index in [0.717, 1.165) is 36.9 Å². The molecule has 1 N–H and O–H groups in total. The molecule has 0 bridgehead atoms. The minimum atomic E-state index is -0.348. The van der Waals surface area contributed by atoms with Gasteiger partial charge in [-0.25, -0.2) is 4.39 Å². The van der Waals surface area contributed by atoms with Crippen LogP contribution in [0.15, 0.2) is 24.3 Å². The summed E-state index contributed by atoms with van der Waals surface area (Å²) < 4.78 is 13.0. The molecule has 1 aliphatic heterocycles. The summed E-state index contributed by atoms with van der Waals surface area (Å²) in [6.07, 6.45) is 4.13. The quantitative estimate of drug-likeness (QED) is 0.837. The van der Waals surface area contributed by atoms with Gasteiger partial charge >= 0.3 is 0 Å².